The largest absolute Gasteiger partial charge is 0.326 e. The minimum Gasteiger partial charge on any atom is -0.326 e. The van der Waals surface area contributed by atoms with E-state index < -0.39 is 0 Å². The van der Waals surface area contributed by atoms with E-state index in [1.54, 1.807) is 0 Å². The summed E-state index contributed by atoms with van der Waals surface area (Å²) in [6.45, 7) is 15.5. The van der Waals surface area contributed by atoms with E-state index in [0.717, 1.165) is 5.92 Å². The van der Waals surface area contributed by atoms with Gasteiger partial charge in [0.05, 0.1) is 0 Å². The molecule has 2 rings (SSSR count). The van der Waals surface area contributed by atoms with Crippen molar-refractivity contribution in [1.29, 1.82) is 0 Å². The molecule has 1 saturated heterocycles. The number of nitrogens with two attached hydrogens (primary N) is 1. The molecule has 0 aromatic rings. The van der Waals surface area contributed by atoms with Gasteiger partial charge in [0.1, 0.15) is 0 Å². The zero-order valence-corrected chi connectivity index (χ0v) is 13.4. The molecule has 19 heavy (non-hydrogen) atoms. The standard InChI is InChI=1S/C16H33N3/c1-5-18-8-10-19(11-9-18)15-12-13(16(2,3)4)6-7-14(15)17/h13-15H,5-12,17H2,1-4H3. The van der Waals surface area contributed by atoms with Crippen LogP contribution < -0.4 is 5.73 Å². The van der Waals surface area contributed by atoms with Crippen LogP contribution in [-0.2, 0) is 0 Å². The summed E-state index contributed by atoms with van der Waals surface area (Å²) in [4.78, 5) is 5.22. The van der Waals surface area contributed by atoms with Gasteiger partial charge in [-0.2, -0.15) is 0 Å². The van der Waals surface area contributed by atoms with Gasteiger partial charge in [-0.1, -0.05) is 27.7 Å². The Balaban J connectivity index is 1.94. The maximum atomic E-state index is 6.43. The number of nitrogens with zero attached hydrogens (tertiary/aromatic N) is 2. The molecular weight excluding hydrogens is 234 g/mol. The topological polar surface area (TPSA) is 32.5 Å². The van der Waals surface area contributed by atoms with Crippen LogP contribution in [0.25, 0.3) is 0 Å². The summed E-state index contributed by atoms with van der Waals surface area (Å²) in [6, 6.07) is 1.02. The average Bonchev–Trinajstić information content (AvgIpc) is 2.38. The van der Waals surface area contributed by atoms with Crippen molar-refractivity contribution in [2.24, 2.45) is 17.1 Å². The minimum absolute atomic E-state index is 0.395. The van der Waals surface area contributed by atoms with Crippen LogP contribution in [-0.4, -0.2) is 54.6 Å². The second-order valence-corrected chi connectivity index (χ2v) is 7.58. The molecule has 1 aliphatic carbocycles. The minimum atomic E-state index is 0.395. The lowest BCUT2D eigenvalue weighted by Gasteiger charge is -2.47. The highest BCUT2D eigenvalue weighted by Gasteiger charge is 2.37. The summed E-state index contributed by atoms with van der Waals surface area (Å²) in [5.74, 6) is 0.835. The molecule has 2 aliphatic rings. The van der Waals surface area contributed by atoms with Gasteiger partial charge < -0.3 is 10.6 Å². The lowest BCUT2D eigenvalue weighted by molar-refractivity contribution is 0.0362. The van der Waals surface area contributed by atoms with Gasteiger partial charge in [0.25, 0.3) is 0 Å². The molecule has 1 heterocycles. The lowest BCUT2D eigenvalue weighted by atomic mass is 9.69. The molecule has 3 unspecified atom stereocenters. The summed E-state index contributed by atoms with van der Waals surface area (Å²) >= 11 is 0. The lowest BCUT2D eigenvalue weighted by Crippen LogP contribution is -2.58. The molecule has 3 heteroatoms. The molecule has 0 aromatic heterocycles. The first-order valence-electron chi connectivity index (χ1n) is 8.13. The summed E-state index contributed by atoms with van der Waals surface area (Å²) in [6.07, 6.45) is 3.83. The van der Waals surface area contributed by atoms with Gasteiger partial charge in [0.15, 0.2) is 0 Å². The fraction of sp³-hybridized carbons (Fsp3) is 1.00. The monoisotopic (exact) mass is 267 g/mol. The quantitative estimate of drug-likeness (QED) is 0.832. The van der Waals surface area contributed by atoms with Crippen molar-refractivity contribution >= 4 is 0 Å². The van der Waals surface area contributed by atoms with Gasteiger partial charge in [-0.05, 0) is 37.1 Å². The van der Waals surface area contributed by atoms with Gasteiger partial charge in [-0.25, -0.2) is 0 Å². The highest BCUT2D eigenvalue weighted by Crippen LogP contribution is 2.39. The summed E-state index contributed by atoms with van der Waals surface area (Å²) < 4.78 is 0. The SMILES string of the molecule is CCN1CCN(C2CC(C(C)(C)C)CCC2N)CC1. The maximum absolute atomic E-state index is 6.43. The van der Waals surface area contributed by atoms with Gasteiger partial charge in [-0.3, -0.25) is 4.90 Å². The van der Waals surface area contributed by atoms with Crippen LogP contribution in [0.15, 0.2) is 0 Å². The van der Waals surface area contributed by atoms with Gasteiger partial charge in [0, 0.05) is 38.3 Å². The van der Waals surface area contributed by atoms with Crippen LogP contribution >= 0.6 is 0 Å². The molecule has 3 atom stereocenters. The van der Waals surface area contributed by atoms with Gasteiger partial charge in [-0.15, -0.1) is 0 Å². The molecule has 3 nitrogen and oxygen atoms in total. The molecule has 112 valence electrons. The molecular formula is C16H33N3. The number of likely N-dealkylation sites (N-methyl/N-ethyl adjacent to an activating group) is 1. The van der Waals surface area contributed by atoms with E-state index in [0.29, 0.717) is 17.5 Å². The Morgan fingerprint density at radius 2 is 1.68 bits per heavy atom. The fourth-order valence-electron chi connectivity index (χ4n) is 3.79. The fourth-order valence-corrected chi connectivity index (χ4v) is 3.79. The third kappa shape index (κ3) is 3.71. The third-order valence-electron chi connectivity index (χ3n) is 5.42. The predicted molar refractivity (Wildman–Crippen MR) is 82.2 cm³/mol. The number of piperazine rings is 1. The molecule has 2 N–H and O–H groups in total. The number of hydrogen-bond acceptors (Lipinski definition) is 3. The Morgan fingerprint density at radius 1 is 1.05 bits per heavy atom. The smallest absolute Gasteiger partial charge is 0.0251 e. The first-order valence-corrected chi connectivity index (χ1v) is 8.13. The molecule has 1 saturated carbocycles. The first kappa shape index (κ1) is 15.3. The third-order valence-corrected chi connectivity index (χ3v) is 5.42. The van der Waals surface area contributed by atoms with E-state index in [-0.39, 0.29) is 0 Å². The summed E-state index contributed by atoms with van der Waals surface area (Å²) in [7, 11) is 0. The van der Waals surface area contributed by atoms with Gasteiger partial charge in [0.2, 0.25) is 0 Å². The molecule has 0 spiro atoms. The van der Waals surface area contributed by atoms with Crippen molar-refractivity contribution in [3.8, 4) is 0 Å². The van der Waals surface area contributed by atoms with Crippen LogP contribution in [0.5, 0.6) is 0 Å². The highest BCUT2D eigenvalue weighted by atomic mass is 15.3. The first-order chi connectivity index (χ1) is 8.91. The Bertz CT molecular complexity index is 276. The normalized spacial score (nSPS) is 35.5. The van der Waals surface area contributed by atoms with E-state index in [1.807, 2.05) is 0 Å². The summed E-state index contributed by atoms with van der Waals surface area (Å²) in [5, 5.41) is 0. The second kappa shape index (κ2) is 6.11. The highest BCUT2D eigenvalue weighted by molar-refractivity contribution is 4.93. The van der Waals surface area contributed by atoms with Crippen molar-refractivity contribution in [1.82, 2.24) is 9.80 Å². The maximum Gasteiger partial charge on any atom is 0.0251 e. The Hall–Kier alpha value is -0.120. The molecule has 0 aromatic carbocycles. The van der Waals surface area contributed by atoms with Crippen molar-refractivity contribution in [3.05, 3.63) is 0 Å². The number of hydrogen-bond donors (Lipinski definition) is 1. The van der Waals surface area contributed by atoms with Crippen molar-refractivity contribution in [2.45, 2.75) is 59.0 Å². The van der Waals surface area contributed by atoms with E-state index in [4.69, 9.17) is 5.73 Å². The van der Waals surface area contributed by atoms with E-state index in [2.05, 4.69) is 37.5 Å². The Kier molecular flexibility index (Phi) is 4.91. The Labute approximate surface area is 119 Å². The van der Waals surface area contributed by atoms with Crippen LogP contribution in [0.2, 0.25) is 0 Å². The summed E-state index contributed by atoms with van der Waals surface area (Å²) in [5.41, 5.74) is 6.86. The molecule has 1 aliphatic heterocycles. The van der Waals surface area contributed by atoms with Crippen LogP contribution in [0.1, 0.15) is 47.0 Å². The Morgan fingerprint density at radius 3 is 2.21 bits per heavy atom. The molecule has 0 radical (unpaired) electrons. The van der Waals surface area contributed by atoms with Crippen molar-refractivity contribution < 1.29 is 0 Å². The number of rotatable bonds is 2. The zero-order chi connectivity index (χ0) is 14.0. The van der Waals surface area contributed by atoms with E-state index >= 15 is 0 Å². The predicted octanol–water partition coefficient (Wildman–Crippen LogP) is 2.17. The second-order valence-electron chi connectivity index (χ2n) is 7.58. The average molecular weight is 267 g/mol. The van der Waals surface area contributed by atoms with Crippen LogP contribution in [0, 0.1) is 11.3 Å². The van der Waals surface area contributed by atoms with Crippen molar-refractivity contribution in [3.63, 3.8) is 0 Å². The van der Waals surface area contributed by atoms with Crippen LogP contribution in [0.4, 0.5) is 0 Å². The van der Waals surface area contributed by atoms with Crippen LogP contribution in [0.3, 0.4) is 0 Å². The van der Waals surface area contributed by atoms with E-state index in [9.17, 15) is 0 Å². The molecule has 0 bridgehead atoms. The molecule has 0 amide bonds. The van der Waals surface area contributed by atoms with Crippen molar-refractivity contribution in [2.75, 3.05) is 32.7 Å². The molecule has 2 fully saturated rings. The zero-order valence-electron chi connectivity index (χ0n) is 13.4. The van der Waals surface area contributed by atoms with Gasteiger partial charge >= 0.3 is 0 Å². The van der Waals surface area contributed by atoms with E-state index in [1.165, 1.54) is 52.0 Å².